The van der Waals surface area contributed by atoms with E-state index < -0.39 is 5.54 Å². The molecule has 0 bridgehead atoms. The van der Waals surface area contributed by atoms with Gasteiger partial charge in [0.1, 0.15) is 5.54 Å². The van der Waals surface area contributed by atoms with E-state index in [1.54, 1.807) is 12.1 Å². The zero-order chi connectivity index (χ0) is 18.4. The number of hydrogen-bond acceptors (Lipinski definition) is 3. The topological polar surface area (TPSA) is 70.2 Å². The first-order chi connectivity index (χ1) is 12.6. The molecule has 2 fully saturated rings. The Kier molecular flexibility index (Phi) is 6.30. The molecule has 26 heavy (non-hydrogen) atoms. The smallest absolute Gasteiger partial charge is 0.265 e. The number of carbonyl (C=O) groups excluding carboxylic acids is 2. The van der Waals surface area contributed by atoms with Crippen molar-refractivity contribution in [3.63, 3.8) is 0 Å². The molecule has 1 aromatic carbocycles. The van der Waals surface area contributed by atoms with Gasteiger partial charge in [-0.1, -0.05) is 57.2 Å². The Morgan fingerprint density at radius 3 is 2.42 bits per heavy atom. The van der Waals surface area contributed by atoms with Gasteiger partial charge >= 0.3 is 0 Å². The van der Waals surface area contributed by atoms with Crippen LogP contribution in [-0.4, -0.2) is 23.4 Å². The van der Waals surface area contributed by atoms with Gasteiger partial charge in [0.05, 0.1) is 0 Å². The quantitative estimate of drug-likeness (QED) is 0.708. The van der Waals surface area contributed by atoms with Crippen LogP contribution in [-0.2, 0) is 4.79 Å². The summed E-state index contributed by atoms with van der Waals surface area (Å²) in [6.45, 7) is 2.18. The fourth-order valence-corrected chi connectivity index (χ4v) is 4.34. The SMILES string of the molecule is C[C@@H]1CCC[C@](NNC(=O)c2ccccc2)(C(=O)NC2CCCCC2)C1. The summed E-state index contributed by atoms with van der Waals surface area (Å²) >= 11 is 0. The van der Waals surface area contributed by atoms with Gasteiger partial charge in [0.25, 0.3) is 5.91 Å². The second kappa shape index (κ2) is 8.67. The van der Waals surface area contributed by atoms with Crippen molar-refractivity contribution in [2.45, 2.75) is 76.3 Å². The summed E-state index contributed by atoms with van der Waals surface area (Å²) in [5.74, 6) is 0.306. The largest absolute Gasteiger partial charge is 0.352 e. The van der Waals surface area contributed by atoms with Crippen molar-refractivity contribution in [1.29, 1.82) is 0 Å². The Labute approximate surface area is 156 Å². The third-order valence-electron chi connectivity index (χ3n) is 5.82. The zero-order valence-corrected chi connectivity index (χ0v) is 15.7. The predicted molar refractivity (Wildman–Crippen MR) is 102 cm³/mol. The third-order valence-corrected chi connectivity index (χ3v) is 5.82. The van der Waals surface area contributed by atoms with E-state index in [0.717, 1.165) is 38.5 Å². The van der Waals surface area contributed by atoms with Gasteiger partial charge < -0.3 is 5.32 Å². The average Bonchev–Trinajstić information content (AvgIpc) is 2.67. The standard InChI is InChI=1S/C21H31N3O2/c1-16-9-8-14-21(15-16,20(26)22-18-12-6-3-7-13-18)24-23-19(25)17-10-4-2-5-11-17/h2,4-5,10-11,16,18,24H,3,6-9,12-15H2,1H3,(H,22,26)(H,23,25)/t16-,21-/m1/s1. The molecule has 2 amide bonds. The second-order valence-electron chi connectivity index (χ2n) is 8.04. The lowest BCUT2D eigenvalue weighted by atomic mass is 9.76. The minimum absolute atomic E-state index is 0.0457. The van der Waals surface area contributed by atoms with Gasteiger partial charge in [-0.25, -0.2) is 5.43 Å². The average molecular weight is 357 g/mol. The number of hydrogen-bond donors (Lipinski definition) is 3. The highest BCUT2D eigenvalue weighted by Gasteiger charge is 2.42. The van der Waals surface area contributed by atoms with E-state index in [4.69, 9.17) is 0 Å². The van der Waals surface area contributed by atoms with E-state index in [-0.39, 0.29) is 17.9 Å². The fraction of sp³-hybridized carbons (Fsp3) is 0.619. The number of amides is 2. The van der Waals surface area contributed by atoms with Crippen molar-refractivity contribution >= 4 is 11.8 Å². The molecular weight excluding hydrogens is 326 g/mol. The van der Waals surface area contributed by atoms with E-state index in [2.05, 4.69) is 23.1 Å². The normalized spacial score (nSPS) is 26.9. The predicted octanol–water partition coefficient (Wildman–Crippen LogP) is 3.32. The lowest BCUT2D eigenvalue weighted by molar-refractivity contribution is -0.131. The molecule has 2 aliphatic rings. The van der Waals surface area contributed by atoms with Crippen LogP contribution in [0.4, 0.5) is 0 Å². The molecule has 2 atom stereocenters. The number of nitrogens with one attached hydrogen (secondary N) is 3. The Morgan fingerprint density at radius 1 is 1.00 bits per heavy atom. The van der Waals surface area contributed by atoms with Crippen LogP contribution in [0.15, 0.2) is 30.3 Å². The molecular formula is C21H31N3O2. The molecule has 5 nitrogen and oxygen atoms in total. The molecule has 3 rings (SSSR count). The van der Waals surface area contributed by atoms with Crippen molar-refractivity contribution in [2.24, 2.45) is 5.92 Å². The monoisotopic (exact) mass is 357 g/mol. The number of rotatable bonds is 5. The summed E-state index contributed by atoms with van der Waals surface area (Å²) in [4.78, 5) is 25.6. The number of carbonyl (C=O) groups is 2. The van der Waals surface area contributed by atoms with Gasteiger partial charge in [0, 0.05) is 11.6 Å². The van der Waals surface area contributed by atoms with Gasteiger partial charge in [-0.2, -0.15) is 0 Å². The van der Waals surface area contributed by atoms with Crippen LogP contribution >= 0.6 is 0 Å². The first-order valence-corrected chi connectivity index (χ1v) is 10.0. The lowest BCUT2D eigenvalue weighted by Gasteiger charge is -2.40. The van der Waals surface area contributed by atoms with Crippen molar-refractivity contribution in [3.05, 3.63) is 35.9 Å². The van der Waals surface area contributed by atoms with Crippen LogP contribution in [0, 0.1) is 5.92 Å². The molecule has 3 N–H and O–H groups in total. The van der Waals surface area contributed by atoms with Gasteiger partial charge in [-0.15, -0.1) is 0 Å². The van der Waals surface area contributed by atoms with E-state index in [1.165, 1.54) is 19.3 Å². The highest BCUT2D eigenvalue weighted by atomic mass is 16.2. The summed E-state index contributed by atoms with van der Waals surface area (Å²) in [5.41, 5.74) is 5.82. The maximum Gasteiger partial charge on any atom is 0.265 e. The fourth-order valence-electron chi connectivity index (χ4n) is 4.34. The van der Waals surface area contributed by atoms with Crippen molar-refractivity contribution in [1.82, 2.24) is 16.2 Å². The van der Waals surface area contributed by atoms with E-state index >= 15 is 0 Å². The molecule has 0 saturated heterocycles. The maximum absolute atomic E-state index is 13.2. The third kappa shape index (κ3) is 4.64. The summed E-state index contributed by atoms with van der Waals surface area (Å²) in [7, 11) is 0. The molecule has 0 unspecified atom stereocenters. The molecule has 0 spiro atoms. The van der Waals surface area contributed by atoms with Crippen LogP contribution < -0.4 is 16.2 Å². The van der Waals surface area contributed by atoms with Crippen LogP contribution in [0.5, 0.6) is 0 Å². The molecule has 0 heterocycles. The van der Waals surface area contributed by atoms with Crippen LogP contribution in [0.3, 0.4) is 0 Å². The molecule has 0 aliphatic heterocycles. The van der Waals surface area contributed by atoms with Crippen LogP contribution in [0.2, 0.25) is 0 Å². The molecule has 1 aromatic rings. The highest BCUT2D eigenvalue weighted by molar-refractivity contribution is 5.94. The van der Waals surface area contributed by atoms with E-state index in [0.29, 0.717) is 11.5 Å². The van der Waals surface area contributed by atoms with E-state index in [9.17, 15) is 9.59 Å². The van der Waals surface area contributed by atoms with Crippen molar-refractivity contribution in [2.75, 3.05) is 0 Å². The second-order valence-corrected chi connectivity index (χ2v) is 8.04. The number of hydrazine groups is 1. The molecule has 2 saturated carbocycles. The first-order valence-electron chi connectivity index (χ1n) is 10.0. The Hall–Kier alpha value is -1.88. The van der Waals surface area contributed by atoms with Crippen molar-refractivity contribution < 1.29 is 9.59 Å². The van der Waals surface area contributed by atoms with Gasteiger partial charge in [-0.3, -0.25) is 15.0 Å². The van der Waals surface area contributed by atoms with Crippen LogP contribution in [0.1, 0.15) is 75.1 Å². The molecule has 0 aromatic heterocycles. The molecule has 142 valence electrons. The van der Waals surface area contributed by atoms with Crippen LogP contribution in [0.25, 0.3) is 0 Å². The van der Waals surface area contributed by atoms with Gasteiger partial charge in [0.2, 0.25) is 5.91 Å². The minimum atomic E-state index is -0.709. The molecule has 2 aliphatic carbocycles. The lowest BCUT2D eigenvalue weighted by Crippen LogP contribution is -2.65. The summed E-state index contributed by atoms with van der Waals surface area (Å²) in [5, 5.41) is 3.26. The summed E-state index contributed by atoms with van der Waals surface area (Å²) in [6.07, 6.45) is 9.40. The zero-order valence-electron chi connectivity index (χ0n) is 15.7. The highest BCUT2D eigenvalue weighted by Crippen LogP contribution is 2.32. The Bertz CT molecular complexity index is 613. The maximum atomic E-state index is 13.2. The molecule has 0 radical (unpaired) electrons. The van der Waals surface area contributed by atoms with Crippen molar-refractivity contribution in [3.8, 4) is 0 Å². The summed E-state index contributed by atoms with van der Waals surface area (Å²) < 4.78 is 0. The minimum Gasteiger partial charge on any atom is -0.352 e. The van der Waals surface area contributed by atoms with Gasteiger partial charge in [-0.05, 0) is 43.7 Å². The molecule has 5 heteroatoms. The van der Waals surface area contributed by atoms with Gasteiger partial charge in [0.15, 0.2) is 0 Å². The first kappa shape index (κ1) is 18.9. The Balaban J connectivity index is 1.67. The Morgan fingerprint density at radius 2 is 1.73 bits per heavy atom. The van der Waals surface area contributed by atoms with E-state index in [1.807, 2.05) is 18.2 Å². The number of benzene rings is 1. The summed E-state index contributed by atoms with van der Waals surface area (Å²) in [6, 6.07) is 9.38.